The highest BCUT2D eigenvalue weighted by Gasteiger charge is 2.11. The van der Waals surface area contributed by atoms with Gasteiger partial charge in [0.1, 0.15) is 17.5 Å². The molecule has 0 fully saturated rings. The van der Waals surface area contributed by atoms with Crippen molar-refractivity contribution in [3.8, 4) is 6.07 Å². The lowest BCUT2D eigenvalue weighted by molar-refractivity contribution is 0.753. The van der Waals surface area contributed by atoms with Gasteiger partial charge in [0, 0.05) is 7.05 Å². The molecule has 4 heteroatoms. The van der Waals surface area contributed by atoms with Crippen LogP contribution in [0.25, 0.3) is 6.08 Å². The minimum Gasteiger partial charge on any atom is -0.259 e. The highest BCUT2D eigenvalue weighted by Crippen LogP contribution is 2.22. The van der Waals surface area contributed by atoms with Gasteiger partial charge in [-0.3, -0.25) is 9.67 Å². The Morgan fingerprint density at radius 1 is 1.75 bits per heavy atom. The van der Waals surface area contributed by atoms with Gasteiger partial charge in [-0.2, -0.15) is 10.4 Å². The van der Waals surface area contributed by atoms with Gasteiger partial charge in [-0.05, 0) is 12.8 Å². The van der Waals surface area contributed by atoms with E-state index in [1.165, 1.54) is 4.68 Å². The summed E-state index contributed by atoms with van der Waals surface area (Å²) in [7, 11) is 1.68. The van der Waals surface area contributed by atoms with Gasteiger partial charge in [0.25, 0.3) is 0 Å². The normalized spacial score (nSPS) is 9.00. The number of aryl methyl sites for hydroxylation is 1. The summed E-state index contributed by atoms with van der Waals surface area (Å²) in [5.74, 6) is 0. The molecule has 0 bridgehead atoms. The quantitative estimate of drug-likeness (QED) is 0.611. The molecule has 12 heavy (non-hydrogen) atoms. The number of aromatic nitrogens is 2. The van der Waals surface area contributed by atoms with Gasteiger partial charge in [-0.15, -0.1) is 0 Å². The highest BCUT2D eigenvalue weighted by atomic mass is 15.3. The molecule has 60 valence electrons. The molecule has 0 saturated carbocycles. The van der Waals surface area contributed by atoms with E-state index in [4.69, 9.17) is 5.26 Å². The fraction of sp³-hybridized carbons (Fsp3) is 0.125. The summed E-state index contributed by atoms with van der Waals surface area (Å²) >= 11 is 0. The van der Waals surface area contributed by atoms with Crippen molar-refractivity contribution in [3.63, 3.8) is 0 Å². The van der Waals surface area contributed by atoms with E-state index in [9.17, 15) is 0 Å². The molecular formula is C8H8N4. The maximum Gasteiger partial charge on any atom is 0.164 e. The number of hydrogen-bond acceptors (Lipinski definition) is 3. The average Bonchev–Trinajstić information content (AvgIpc) is 2.40. The minimum absolute atomic E-state index is 0.403. The second-order valence-corrected chi connectivity index (χ2v) is 2.18. The molecule has 1 rings (SSSR count). The smallest absolute Gasteiger partial charge is 0.164 e. The van der Waals surface area contributed by atoms with E-state index in [0.29, 0.717) is 17.1 Å². The first-order valence-electron chi connectivity index (χ1n) is 3.30. The van der Waals surface area contributed by atoms with Crippen LogP contribution in [0.4, 0.5) is 5.69 Å². The number of hydrogen-bond donors (Lipinski definition) is 0. The Morgan fingerprint density at radius 3 is 2.83 bits per heavy atom. The number of rotatable bonds is 2. The van der Waals surface area contributed by atoms with Gasteiger partial charge in [0.2, 0.25) is 0 Å². The summed E-state index contributed by atoms with van der Waals surface area (Å²) in [6.07, 6.45) is 1.55. The fourth-order valence-electron chi connectivity index (χ4n) is 0.952. The SMILES string of the molecule is C=Cc1nn(C)c(C#N)c1N=C. The van der Waals surface area contributed by atoms with Gasteiger partial charge in [-0.1, -0.05) is 6.58 Å². The summed E-state index contributed by atoms with van der Waals surface area (Å²) in [6, 6.07) is 1.99. The van der Waals surface area contributed by atoms with Gasteiger partial charge >= 0.3 is 0 Å². The second kappa shape index (κ2) is 3.01. The maximum atomic E-state index is 8.71. The van der Waals surface area contributed by atoms with Crippen molar-refractivity contribution in [3.05, 3.63) is 18.0 Å². The number of nitrogens with zero attached hydrogens (tertiary/aromatic N) is 4. The lowest BCUT2D eigenvalue weighted by Crippen LogP contribution is -1.93. The summed E-state index contributed by atoms with van der Waals surface area (Å²) in [5.41, 5.74) is 1.49. The molecule has 4 nitrogen and oxygen atoms in total. The van der Waals surface area contributed by atoms with Gasteiger partial charge in [0.05, 0.1) is 0 Å². The molecule has 0 aromatic carbocycles. The Hall–Kier alpha value is -1.89. The van der Waals surface area contributed by atoms with Crippen LogP contribution < -0.4 is 0 Å². The molecule has 0 saturated heterocycles. The van der Waals surface area contributed by atoms with Crippen LogP contribution in [-0.2, 0) is 7.05 Å². The van der Waals surface area contributed by atoms with Gasteiger partial charge in [0.15, 0.2) is 5.69 Å². The molecule has 0 radical (unpaired) electrons. The monoisotopic (exact) mass is 160 g/mol. The first kappa shape index (κ1) is 8.21. The molecule has 0 unspecified atom stereocenters. The largest absolute Gasteiger partial charge is 0.259 e. The molecular weight excluding hydrogens is 152 g/mol. The van der Waals surface area contributed by atoms with E-state index in [1.54, 1.807) is 13.1 Å². The summed E-state index contributed by atoms with van der Waals surface area (Å²) < 4.78 is 1.46. The number of nitriles is 1. The molecule has 0 atom stereocenters. The topological polar surface area (TPSA) is 54.0 Å². The van der Waals surface area contributed by atoms with Gasteiger partial charge in [-0.25, -0.2) is 0 Å². The lowest BCUT2D eigenvalue weighted by atomic mass is 10.3. The van der Waals surface area contributed by atoms with Crippen molar-refractivity contribution in [1.29, 1.82) is 5.26 Å². The average molecular weight is 160 g/mol. The molecule has 0 N–H and O–H groups in total. The van der Waals surface area contributed by atoms with E-state index >= 15 is 0 Å². The van der Waals surface area contributed by atoms with E-state index in [-0.39, 0.29) is 0 Å². The predicted molar refractivity (Wildman–Crippen MR) is 47.2 cm³/mol. The van der Waals surface area contributed by atoms with Gasteiger partial charge < -0.3 is 0 Å². The van der Waals surface area contributed by atoms with E-state index < -0.39 is 0 Å². The van der Waals surface area contributed by atoms with Crippen molar-refractivity contribution in [1.82, 2.24) is 9.78 Å². The standard InChI is InChI=1S/C8H8N4/c1-4-6-8(10-2)7(5-9)12(3)11-6/h4H,1-2H2,3H3. The first-order valence-corrected chi connectivity index (χ1v) is 3.30. The van der Waals surface area contributed by atoms with Crippen molar-refractivity contribution >= 4 is 18.5 Å². The molecule has 0 aliphatic rings. The molecule has 1 aromatic heterocycles. The highest BCUT2D eigenvalue weighted by molar-refractivity contribution is 5.66. The lowest BCUT2D eigenvalue weighted by Gasteiger charge is -1.88. The number of aliphatic imine (C=N–C) groups is 1. The third-order valence-electron chi connectivity index (χ3n) is 1.51. The van der Waals surface area contributed by atoms with Crippen LogP contribution in [0.1, 0.15) is 11.4 Å². The Kier molecular flexibility index (Phi) is 2.06. The van der Waals surface area contributed by atoms with E-state index in [0.717, 1.165) is 0 Å². The molecule has 1 aromatic rings. The molecule has 0 aliphatic carbocycles. The van der Waals surface area contributed by atoms with Crippen molar-refractivity contribution in [2.24, 2.45) is 12.0 Å². The van der Waals surface area contributed by atoms with Crippen LogP contribution in [-0.4, -0.2) is 16.5 Å². The molecule has 0 aliphatic heterocycles. The first-order chi connectivity index (χ1) is 5.74. The molecule has 1 heterocycles. The third-order valence-corrected chi connectivity index (χ3v) is 1.51. The maximum absolute atomic E-state index is 8.71. The summed E-state index contributed by atoms with van der Waals surface area (Å²) in [5, 5.41) is 12.7. The zero-order chi connectivity index (χ0) is 9.14. The Balaban J connectivity index is 3.47. The van der Waals surface area contributed by atoms with Crippen LogP contribution in [0.15, 0.2) is 11.6 Å². The Bertz CT molecular complexity index is 367. The van der Waals surface area contributed by atoms with Crippen molar-refractivity contribution in [2.75, 3.05) is 0 Å². The molecule has 0 spiro atoms. The van der Waals surface area contributed by atoms with Crippen molar-refractivity contribution in [2.45, 2.75) is 0 Å². The van der Waals surface area contributed by atoms with E-state index in [1.807, 2.05) is 6.07 Å². The third kappa shape index (κ3) is 1.01. The van der Waals surface area contributed by atoms with Crippen LogP contribution in [0.5, 0.6) is 0 Å². The van der Waals surface area contributed by atoms with Crippen LogP contribution in [0.3, 0.4) is 0 Å². The van der Waals surface area contributed by atoms with E-state index in [2.05, 4.69) is 23.4 Å². The van der Waals surface area contributed by atoms with Crippen LogP contribution in [0.2, 0.25) is 0 Å². The molecule has 0 amide bonds. The fourth-order valence-corrected chi connectivity index (χ4v) is 0.952. The summed E-state index contributed by atoms with van der Waals surface area (Å²) in [6.45, 7) is 6.91. The van der Waals surface area contributed by atoms with Crippen LogP contribution in [0, 0.1) is 11.3 Å². The minimum atomic E-state index is 0.403. The predicted octanol–water partition coefficient (Wildman–Crippen LogP) is 1.27. The van der Waals surface area contributed by atoms with Crippen molar-refractivity contribution < 1.29 is 0 Å². The second-order valence-electron chi connectivity index (χ2n) is 2.18. The zero-order valence-corrected chi connectivity index (χ0v) is 6.78. The Labute approximate surface area is 70.5 Å². The zero-order valence-electron chi connectivity index (χ0n) is 6.78. The Morgan fingerprint density at radius 2 is 2.42 bits per heavy atom. The van der Waals surface area contributed by atoms with Crippen LogP contribution >= 0.6 is 0 Å². The summed E-state index contributed by atoms with van der Waals surface area (Å²) in [4.78, 5) is 3.71.